The second-order valence-electron chi connectivity index (χ2n) is 4.59. The summed E-state index contributed by atoms with van der Waals surface area (Å²) < 4.78 is 6.70. The molecule has 1 saturated heterocycles. The minimum absolute atomic E-state index is 0.146. The first-order valence-corrected chi connectivity index (χ1v) is 6.95. The molecule has 1 fully saturated rings. The lowest BCUT2D eigenvalue weighted by Gasteiger charge is -2.35. The van der Waals surface area contributed by atoms with Gasteiger partial charge in [0, 0.05) is 22.4 Å². The molecule has 16 heavy (non-hydrogen) atoms. The minimum Gasteiger partial charge on any atom is -0.381 e. The van der Waals surface area contributed by atoms with Crippen molar-refractivity contribution < 1.29 is 4.74 Å². The van der Waals surface area contributed by atoms with Crippen LogP contribution in [0.2, 0.25) is 0 Å². The van der Waals surface area contributed by atoms with Crippen molar-refractivity contribution in [3.8, 4) is 0 Å². The largest absolute Gasteiger partial charge is 0.381 e. The van der Waals surface area contributed by atoms with Crippen LogP contribution in [0.15, 0.2) is 28.7 Å². The fraction of sp³-hybridized carbons (Fsp3) is 0.538. The zero-order valence-electron chi connectivity index (χ0n) is 9.22. The van der Waals surface area contributed by atoms with Crippen LogP contribution in [0.3, 0.4) is 0 Å². The van der Waals surface area contributed by atoms with Crippen molar-refractivity contribution >= 4 is 27.5 Å². The number of hydrogen-bond donors (Lipinski definition) is 0. The Labute approximate surface area is 110 Å². The average Bonchev–Trinajstić information content (AvgIpc) is 2.33. The highest BCUT2D eigenvalue weighted by atomic mass is 79.9. The highest BCUT2D eigenvalue weighted by Gasteiger charge is 2.32. The van der Waals surface area contributed by atoms with E-state index >= 15 is 0 Å². The monoisotopic (exact) mass is 302 g/mol. The van der Waals surface area contributed by atoms with Gasteiger partial charge in [0.25, 0.3) is 0 Å². The number of alkyl halides is 1. The Bertz CT molecular complexity index is 330. The second-order valence-corrected chi connectivity index (χ2v) is 5.78. The smallest absolute Gasteiger partial charge is 0.0537 e. The van der Waals surface area contributed by atoms with Crippen LogP contribution in [0.5, 0.6) is 0 Å². The number of rotatable bonds is 3. The summed E-state index contributed by atoms with van der Waals surface area (Å²) in [7, 11) is 0. The molecule has 3 heteroatoms. The predicted molar refractivity (Wildman–Crippen MR) is 71.1 cm³/mol. The van der Waals surface area contributed by atoms with Crippen LogP contribution in [0.4, 0.5) is 0 Å². The Kier molecular flexibility index (Phi) is 4.28. The third kappa shape index (κ3) is 2.99. The molecule has 0 radical (unpaired) electrons. The van der Waals surface area contributed by atoms with Crippen LogP contribution in [0.25, 0.3) is 0 Å². The maximum absolute atomic E-state index is 6.13. The van der Waals surface area contributed by atoms with Gasteiger partial charge in [0.05, 0.1) is 6.61 Å². The van der Waals surface area contributed by atoms with E-state index in [1.54, 1.807) is 0 Å². The van der Waals surface area contributed by atoms with Crippen molar-refractivity contribution in [2.45, 2.75) is 19.3 Å². The first-order chi connectivity index (χ1) is 7.74. The fourth-order valence-corrected chi connectivity index (χ4v) is 2.81. The normalized spacial score (nSPS) is 25.6. The number of ether oxygens (including phenoxy) is 1. The van der Waals surface area contributed by atoms with E-state index < -0.39 is 0 Å². The standard InChI is InChI=1S/C13H16BrClO/c14-12-4-2-11(3-5-12)8-13(9-15)6-1-7-16-10-13/h2-5H,1,6-10H2. The van der Waals surface area contributed by atoms with Gasteiger partial charge in [0.15, 0.2) is 0 Å². The van der Waals surface area contributed by atoms with E-state index in [1.807, 2.05) is 0 Å². The summed E-state index contributed by atoms with van der Waals surface area (Å²) in [6, 6.07) is 8.49. The Morgan fingerprint density at radius 2 is 2.06 bits per heavy atom. The molecule has 0 bridgehead atoms. The quantitative estimate of drug-likeness (QED) is 0.766. The van der Waals surface area contributed by atoms with Gasteiger partial charge in [-0.15, -0.1) is 11.6 Å². The van der Waals surface area contributed by atoms with Gasteiger partial charge in [-0.05, 0) is 37.0 Å². The molecule has 2 rings (SSSR count). The van der Waals surface area contributed by atoms with Crippen molar-refractivity contribution in [1.29, 1.82) is 0 Å². The van der Waals surface area contributed by atoms with Crippen LogP contribution >= 0.6 is 27.5 Å². The maximum Gasteiger partial charge on any atom is 0.0537 e. The van der Waals surface area contributed by atoms with Crippen molar-refractivity contribution in [2.75, 3.05) is 19.1 Å². The lowest BCUT2D eigenvalue weighted by molar-refractivity contribution is 0.00477. The topological polar surface area (TPSA) is 9.23 Å². The number of benzene rings is 1. The van der Waals surface area contributed by atoms with E-state index in [2.05, 4.69) is 40.2 Å². The lowest BCUT2D eigenvalue weighted by atomic mass is 9.79. The first-order valence-electron chi connectivity index (χ1n) is 5.62. The molecule has 0 spiro atoms. The van der Waals surface area contributed by atoms with Crippen LogP contribution in [-0.4, -0.2) is 19.1 Å². The van der Waals surface area contributed by atoms with E-state index in [1.165, 1.54) is 12.0 Å². The molecule has 1 atom stereocenters. The molecule has 1 heterocycles. The third-order valence-corrected chi connectivity index (χ3v) is 4.28. The summed E-state index contributed by atoms with van der Waals surface area (Å²) in [5, 5.41) is 0. The highest BCUT2D eigenvalue weighted by Crippen LogP contribution is 2.34. The van der Waals surface area contributed by atoms with Crippen LogP contribution in [0.1, 0.15) is 18.4 Å². The summed E-state index contributed by atoms with van der Waals surface area (Å²) in [5.41, 5.74) is 1.49. The van der Waals surface area contributed by atoms with E-state index in [4.69, 9.17) is 16.3 Å². The van der Waals surface area contributed by atoms with Crippen molar-refractivity contribution in [1.82, 2.24) is 0 Å². The van der Waals surface area contributed by atoms with Gasteiger partial charge in [0.1, 0.15) is 0 Å². The Morgan fingerprint density at radius 3 is 2.62 bits per heavy atom. The number of halogens is 2. The molecular formula is C13H16BrClO. The van der Waals surface area contributed by atoms with Gasteiger partial charge in [-0.2, -0.15) is 0 Å². The summed E-state index contributed by atoms with van der Waals surface area (Å²) in [6.45, 7) is 1.69. The molecule has 1 unspecified atom stereocenters. The average molecular weight is 304 g/mol. The molecule has 1 aromatic rings. The molecule has 88 valence electrons. The van der Waals surface area contributed by atoms with Gasteiger partial charge < -0.3 is 4.74 Å². The fourth-order valence-electron chi connectivity index (χ4n) is 2.24. The molecule has 1 nitrogen and oxygen atoms in total. The lowest BCUT2D eigenvalue weighted by Crippen LogP contribution is -2.35. The number of hydrogen-bond acceptors (Lipinski definition) is 1. The van der Waals surface area contributed by atoms with E-state index in [0.29, 0.717) is 5.88 Å². The molecule has 1 aliphatic rings. The molecular weight excluding hydrogens is 287 g/mol. The highest BCUT2D eigenvalue weighted by molar-refractivity contribution is 9.10. The van der Waals surface area contributed by atoms with Crippen LogP contribution in [-0.2, 0) is 11.2 Å². The summed E-state index contributed by atoms with van der Waals surface area (Å²) in [4.78, 5) is 0. The minimum atomic E-state index is 0.146. The summed E-state index contributed by atoms with van der Waals surface area (Å²) in [5.74, 6) is 0.684. The molecule has 0 amide bonds. The zero-order chi connectivity index (χ0) is 11.4. The third-order valence-electron chi connectivity index (χ3n) is 3.18. The molecule has 0 aliphatic carbocycles. The van der Waals surface area contributed by atoms with Crippen LogP contribution < -0.4 is 0 Å². The van der Waals surface area contributed by atoms with Crippen molar-refractivity contribution in [3.05, 3.63) is 34.3 Å². The predicted octanol–water partition coefficient (Wildman–Crippen LogP) is 4.03. The summed E-state index contributed by atoms with van der Waals surface area (Å²) in [6.07, 6.45) is 3.32. The molecule has 0 saturated carbocycles. The maximum atomic E-state index is 6.13. The van der Waals surface area contributed by atoms with Crippen LogP contribution in [0, 0.1) is 5.41 Å². The van der Waals surface area contributed by atoms with E-state index in [0.717, 1.165) is 30.5 Å². The zero-order valence-corrected chi connectivity index (χ0v) is 11.6. The Balaban J connectivity index is 2.08. The second kappa shape index (κ2) is 5.52. The van der Waals surface area contributed by atoms with Gasteiger partial charge in [0.2, 0.25) is 0 Å². The molecule has 0 N–H and O–H groups in total. The van der Waals surface area contributed by atoms with E-state index in [-0.39, 0.29) is 5.41 Å². The summed E-state index contributed by atoms with van der Waals surface area (Å²) >= 11 is 9.58. The first kappa shape index (κ1) is 12.4. The van der Waals surface area contributed by atoms with Crippen molar-refractivity contribution in [3.63, 3.8) is 0 Å². The Morgan fingerprint density at radius 1 is 1.31 bits per heavy atom. The SMILES string of the molecule is ClCC1(Cc2ccc(Br)cc2)CCCOC1. The molecule has 1 aromatic carbocycles. The molecule has 1 aliphatic heterocycles. The van der Waals surface area contributed by atoms with Gasteiger partial charge in [-0.1, -0.05) is 28.1 Å². The van der Waals surface area contributed by atoms with E-state index in [9.17, 15) is 0 Å². The molecule has 0 aromatic heterocycles. The van der Waals surface area contributed by atoms with Gasteiger partial charge >= 0.3 is 0 Å². The Hall–Kier alpha value is -0.0500. The van der Waals surface area contributed by atoms with Gasteiger partial charge in [-0.25, -0.2) is 0 Å². The van der Waals surface area contributed by atoms with Crippen molar-refractivity contribution in [2.24, 2.45) is 5.41 Å². The van der Waals surface area contributed by atoms with Gasteiger partial charge in [-0.3, -0.25) is 0 Å².